The molecule has 6 heteroatoms. The van der Waals surface area contributed by atoms with Gasteiger partial charge in [-0.2, -0.15) is 0 Å². The molecule has 0 radical (unpaired) electrons. The molecule has 0 spiro atoms. The Labute approximate surface area is 139 Å². The topological polar surface area (TPSA) is 84.2 Å². The lowest BCUT2D eigenvalue weighted by Gasteiger charge is -2.26. The predicted molar refractivity (Wildman–Crippen MR) is 92.2 cm³/mol. The second-order valence-electron chi connectivity index (χ2n) is 6.04. The van der Waals surface area contributed by atoms with Crippen LogP contribution in [0, 0.1) is 6.92 Å². The minimum atomic E-state index is -1.25. The Hall–Kier alpha value is -2.89. The molecule has 1 aliphatic heterocycles. The van der Waals surface area contributed by atoms with Crippen LogP contribution in [0.25, 0.3) is 5.57 Å². The van der Waals surface area contributed by atoms with Gasteiger partial charge in [-0.05, 0) is 38.8 Å². The molecule has 0 bridgehead atoms. The summed E-state index contributed by atoms with van der Waals surface area (Å²) in [7, 11) is 0. The van der Waals surface area contributed by atoms with E-state index >= 15 is 0 Å². The number of hydrogen-bond acceptors (Lipinski definition) is 4. The number of carboxylic acids is 1. The maximum absolute atomic E-state index is 12.4. The summed E-state index contributed by atoms with van der Waals surface area (Å²) in [4.78, 5) is 27.8. The first-order chi connectivity index (χ1) is 11.5. The lowest BCUT2D eigenvalue weighted by atomic mass is 10.0. The number of nitrogens with zero attached hydrogens (tertiary/aromatic N) is 2. The smallest absolute Gasteiger partial charge is 0.342 e. The van der Waals surface area contributed by atoms with Crippen LogP contribution in [0.5, 0.6) is 0 Å². The summed E-state index contributed by atoms with van der Waals surface area (Å²) in [6.07, 6.45) is 4.53. The molecule has 6 nitrogen and oxygen atoms in total. The quantitative estimate of drug-likeness (QED) is 0.906. The Bertz CT molecular complexity index is 866. The molecule has 2 N–H and O–H groups in total. The first-order valence-corrected chi connectivity index (χ1v) is 7.85. The van der Waals surface area contributed by atoms with Crippen LogP contribution in [0.1, 0.15) is 47.6 Å². The first kappa shape index (κ1) is 16.0. The summed E-state index contributed by atoms with van der Waals surface area (Å²) < 4.78 is 1.48. The molecule has 0 amide bonds. The van der Waals surface area contributed by atoms with E-state index in [1.807, 2.05) is 44.3 Å². The fraction of sp³-hybridized carbons (Fsp3) is 0.278. The molecule has 1 aromatic heterocycles. The van der Waals surface area contributed by atoms with Gasteiger partial charge in [-0.25, -0.2) is 9.78 Å². The van der Waals surface area contributed by atoms with E-state index in [1.54, 1.807) is 0 Å². The van der Waals surface area contributed by atoms with E-state index in [0.717, 1.165) is 30.3 Å². The number of fused-ring (bicyclic) bond motifs is 1. The van der Waals surface area contributed by atoms with E-state index in [0.29, 0.717) is 5.82 Å². The van der Waals surface area contributed by atoms with E-state index < -0.39 is 11.5 Å². The van der Waals surface area contributed by atoms with E-state index in [4.69, 9.17) is 5.11 Å². The van der Waals surface area contributed by atoms with Crippen LogP contribution in [0.4, 0.5) is 5.69 Å². The fourth-order valence-corrected chi connectivity index (χ4v) is 2.82. The van der Waals surface area contributed by atoms with Crippen LogP contribution < -0.4 is 10.9 Å². The van der Waals surface area contributed by atoms with Crippen molar-refractivity contribution in [3.63, 3.8) is 0 Å². The summed E-state index contributed by atoms with van der Waals surface area (Å²) in [6.45, 7) is 3.93. The fourth-order valence-electron chi connectivity index (χ4n) is 2.82. The van der Waals surface area contributed by atoms with Gasteiger partial charge < -0.3 is 10.4 Å². The van der Waals surface area contributed by atoms with Gasteiger partial charge in [-0.1, -0.05) is 17.7 Å². The standard InChI is InChI=1S/C18H19N3O3/c1-11-3-7-14(8-4-11)19-9-13-6-5-12(2)21-16(13)20-10-15(17(21)22)18(23)24/h3-4,7-10,12,19H,5-6H2,1-2H3,(H,23,24). The Kier molecular flexibility index (Phi) is 4.20. The molecule has 0 fully saturated rings. The monoisotopic (exact) mass is 325 g/mol. The number of benzene rings is 1. The highest BCUT2D eigenvalue weighted by Crippen LogP contribution is 2.29. The van der Waals surface area contributed by atoms with E-state index in [1.165, 1.54) is 10.1 Å². The Balaban J connectivity index is 1.98. The summed E-state index contributed by atoms with van der Waals surface area (Å²) in [5, 5.41) is 12.3. The van der Waals surface area contributed by atoms with Crippen molar-refractivity contribution in [3.05, 3.63) is 64.0 Å². The van der Waals surface area contributed by atoms with Crippen LogP contribution in [-0.4, -0.2) is 20.6 Å². The van der Waals surface area contributed by atoms with Gasteiger partial charge in [0.15, 0.2) is 0 Å². The van der Waals surface area contributed by atoms with Gasteiger partial charge in [0.25, 0.3) is 5.56 Å². The second-order valence-corrected chi connectivity index (χ2v) is 6.04. The minimum Gasteiger partial charge on any atom is -0.477 e. The van der Waals surface area contributed by atoms with Crippen molar-refractivity contribution in [1.82, 2.24) is 9.55 Å². The van der Waals surface area contributed by atoms with Crippen molar-refractivity contribution < 1.29 is 9.90 Å². The number of aromatic carboxylic acids is 1. The molecule has 2 heterocycles. The highest BCUT2D eigenvalue weighted by Gasteiger charge is 2.25. The Morgan fingerprint density at radius 2 is 2.08 bits per heavy atom. The summed E-state index contributed by atoms with van der Waals surface area (Å²) >= 11 is 0. The molecule has 0 aliphatic carbocycles. The lowest BCUT2D eigenvalue weighted by molar-refractivity contribution is 0.0693. The Morgan fingerprint density at radius 1 is 1.38 bits per heavy atom. The van der Waals surface area contributed by atoms with Gasteiger partial charge in [-0.15, -0.1) is 0 Å². The highest BCUT2D eigenvalue weighted by atomic mass is 16.4. The van der Waals surface area contributed by atoms with Crippen LogP contribution in [-0.2, 0) is 0 Å². The number of carboxylic acid groups (broad SMARTS) is 1. The number of rotatable bonds is 3. The Morgan fingerprint density at radius 3 is 2.75 bits per heavy atom. The number of nitrogens with one attached hydrogen (secondary N) is 1. The third-order valence-electron chi connectivity index (χ3n) is 4.25. The summed E-state index contributed by atoms with van der Waals surface area (Å²) in [5.41, 5.74) is 2.23. The number of aryl methyl sites for hydroxylation is 1. The van der Waals surface area contributed by atoms with E-state index in [9.17, 15) is 9.59 Å². The van der Waals surface area contributed by atoms with Gasteiger partial charge in [0.2, 0.25) is 0 Å². The molecule has 1 aromatic carbocycles. The predicted octanol–water partition coefficient (Wildman–Crippen LogP) is 3.06. The van der Waals surface area contributed by atoms with Crippen molar-refractivity contribution in [2.24, 2.45) is 0 Å². The van der Waals surface area contributed by atoms with Crippen LogP contribution in [0.3, 0.4) is 0 Å². The molecule has 0 saturated heterocycles. The third-order valence-corrected chi connectivity index (χ3v) is 4.25. The second kappa shape index (κ2) is 6.31. The summed E-state index contributed by atoms with van der Waals surface area (Å²) in [6, 6.07) is 7.91. The molecule has 24 heavy (non-hydrogen) atoms. The van der Waals surface area contributed by atoms with Crippen LogP contribution in [0.2, 0.25) is 0 Å². The largest absolute Gasteiger partial charge is 0.477 e. The molecule has 124 valence electrons. The number of aromatic nitrogens is 2. The van der Waals surface area contributed by atoms with Gasteiger partial charge in [-0.3, -0.25) is 9.36 Å². The third kappa shape index (κ3) is 2.95. The van der Waals surface area contributed by atoms with Gasteiger partial charge in [0.05, 0.1) is 0 Å². The van der Waals surface area contributed by atoms with Crippen molar-refractivity contribution in [2.45, 2.75) is 32.7 Å². The molecular weight excluding hydrogens is 306 g/mol. The normalized spacial score (nSPS) is 18.2. The van der Waals surface area contributed by atoms with E-state index in [-0.39, 0.29) is 11.6 Å². The molecule has 0 saturated carbocycles. The van der Waals surface area contributed by atoms with Crippen molar-refractivity contribution in [1.29, 1.82) is 0 Å². The van der Waals surface area contributed by atoms with E-state index in [2.05, 4.69) is 10.3 Å². The summed E-state index contributed by atoms with van der Waals surface area (Å²) in [5.74, 6) is -0.716. The van der Waals surface area contributed by atoms with Crippen LogP contribution in [0.15, 0.2) is 41.5 Å². The molecule has 1 atom stereocenters. The number of hydrogen-bond donors (Lipinski definition) is 2. The molecular formula is C18H19N3O3. The maximum atomic E-state index is 12.4. The average molecular weight is 325 g/mol. The molecule has 1 unspecified atom stereocenters. The van der Waals surface area contributed by atoms with Crippen molar-refractivity contribution >= 4 is 17.2 Å². The van der Waals surface area contributed by atoms with Crippen molar-refractivity contribution in [3.8, 4) is 0 Å². The van der Waals surface area contributed by atoms with Gasteiger partial charge in [0, 0.05) is 29.7 Å². The van der Waals surface area contributed by atoms with Crippen molar-refractivity contribution in [2.75, 3.05) is 5.32 Å². The average Bonchev–Trinajstić information content (AvgIpc) is 2.55. The maximum Gasteiger partial charge on any atom is 0.342 e. The van der Waals surface area contributed by atoms with Crippen LogP contribution >= 0.6 is 0 Å². The number of allylic oxidation sites excluding steroid dienone is 1. The first-order valence-electron chi connectivity index (χ1n) is 7.85. The zero-order chi connectivity index (χ0) is 17.3. The van der Waals surface area contributed by atoms with Gasteiger partial charge in [0.1, 0.15) is 11.4 Å². The SMILES string of the molecule is Cc1ccc(NC=C2CCC(C)n3c2ncc(C(=O)O)c3=O)cc1. The number of carbonyl (C=O) groups is 1. The minimum absolute atomic E-state index is 0.0733. The zero-order valence-corrected chi connectivity index (χ0v) is 13.6. The number of anilines is 1. The highest BCUT2D eigenvalue weighted by molar-refractivity contribution is 5.87. The van der Waals surface area contributed by atoms with Gasteiger partial charge >= 0.3 is 5.97 Å². The zero-order valence-electron chi connectivity index (χ0n) is 13.6. The molecule has 1 aliphatic rings. The molecule has 3 rings (SSSR count). The molecule has 2 aromatic rings. The lowest BCUT2D eigenvalue weighted by Crippen LogP contribution is -2.34.